The lowest BCUT2D eigenvalue weighted by Crippen LogP contribution is -2.36. The number of carboxylic acid groups (broad SMARTS) is 1. The molecule has 1 amide bonds. The SMILES string of the molecule is CC(C)CC(CNC(=O)OC(C)(C)C)n1c(C(=O)O)cc2cnc(Cl)nc21. The second kappa shape index (κ2) is 8.12. The van der Waals surface area contributed by atoms with E-state index in [1.807, 2.05) is 13.8 Å². The molecule has 0 aliphatic rings. The Morgan fingerprint density at radius 2 is 2.04 bits per heavy atom. The highest BCUT2D eigenvalue weighted by Crippen LogP contribution is 2.27. The van der Waals surface area contributed by atoms with E-state index in [0.717, 1.165) is 0 Å². The van der Waals surface area contributed by atoms with Gasteiger partial charge in [-0.2, -0.15) is 4.98 Å². The van der Waals surface area contributed by atoms with Crippen LogP contribution in [0.3, 0.4) is 0 Å². The Kier molecular flexibility index (Phi) is 6.30. The van der Waals surface area contributed by atoms with Crippen LogP contribution in [0.4, 0.5) is 4.79 Å². The van der Waals surface area contributed by atoms with E-state index >= 15 is 0 Å². The number of hydrogen-bond acceptors (Lipinski definition) is 5. The first-order valence-corrected chi connectivity index (χ1v) is 9.09. The van der Waals surface area contributed by atoms with E-state index in [9.17, 15) is 14.7 Å². The molecule has 2 aromatic rings. The first-order valence-electron chi connectivity index (χ1n) is 8.71. The average molecular weight is 397 g/mol. The number of carboxylic acids is 1. The van der Waals surface area contributed by atoms with Gasteiger partial charge in [0.1, 0.15) is 16.9 Å². The molecule has 0 bridgehead atoms. The number of hydrogen-bond donors (Lipinski definition) is 2. The van der Waals surface area contributed by atoms with Crippen LogP contribution in [0.1, 0.15) is 57.6 Å². The van der Waals surface area contributed by atoms with E-state index < -0.39 is 17.7 Å². The van der Waals surface area contributed by atoms with Crippen LogP contribution in [0.25, 0.3) is 11.0 Å². The lowest BCUT2D eigenvalue weighted by molar-refractivity contribution is 0.0518. The van der Waals surface area contributed by atoms with Crippen LogP contribution in [0.2, 0.25) is 5.28 Å². The molecule has 0 aliphatic carbocycles. The number of amides is 1. The highest BCUT2D eigenvalue weighted by molar-refractivity contribution is 6.28. The molecular weight excluding hydrogens is 372 g/mol. The van der Waals surface area contributed by atoms with Crippen molar-refractivity contribution in [2.45, 2.75) is 52.7 Å². The van der Waals surface area contributed by atoms with Crippen LogP contribution < -0.4 is 5.32 Å². The summed E-state index contributed by atoms with van der Waals surface area (Å²) >= 11 is 5.92. The fourth-order valence-corrected chi connectivity index (χ4v) is 2.99. The summed E-state index contributed by atoms with van der Waals surface area (Å²) < 4.78 is 6.87. The summed E-state index contributed by atoms with van der Waals surface area (Å²) in [4.78, 5) is 31.9. The maximum absolute atomic E-state index is 12.0. The van der Waals surface area contributed by atoms with Crippen molar-refractivity contribution in [3.05, 3.63) is 23.2 Å². The third kappa shape index (κ3) is 5.56. The normalized spacial score (nSPS) is 13.0. The minimum absolute atomic E-state index is 0.0298. The van der Waals surface area contributed by atoms with Gasteiger partial charge >= 0.3 is 12.1 Å². The molecular formula is C18H25ClN4O4. The molecule has 0 aliphatic heterocycles. The maximum Gasteiger partial charge on any atom is 0.407 e. The van der Waals surface area contributed by atoms with Crippen molar-refractivity contribution >= 4 is 34.7 Å². The number of nitrogens with zero attached hydrogens (tertiary/aromatic N) is 3. The molecule has 0 saturated carbocycles. The van der Waals surface area contributed by atoms with Gasteiger partial charge in [-0.1, -0.05) is 13.8 Å². The van der Waals surface area contributed by atoms with Gasteiger partial charge < -0.3 is 19.7 Å². The molecule has 2 aromatic heterocycles. The first kappa shape index (κ1) is 21.0. The molecule has 27 heavy (non-hydrogen) atoms. The predicted octanol–water partition coefficient (Wildman–Crippen LogP) is 3.89. The van der Waals surface area contributed by atoms with Gasteiger partial charge in [-0.05, 0) is 50.8 Å². The van der Waals surface area contributed by atoms with E-state index in [0.29, 0.717) is 17.5 Å². The number of halogens is 1. The van der Waals surface area contributed by atoms with Gasteiger partial charge in [-0.3, -0.25) is 0 Å². The van der Waals surface area contributed by atoms with E-state index in [4.69, 9.17) is 16.3 Å². The monoisotopic (exact) mass is 396 g/mol. The zero-order valence-electron chi connectivity index (χ0n) is 16.1. The summed E-state index contributed by atoms with van der Waals surface area (Å²) in [6.45, 7) is 9.57. The second-order valence-electron chi connectivity index (χ2n) is 7.79. The van der Waals surface area contributed by atoms with Gasteiger partial charge in [0, 0.05) is 18.1 Å². The van der Waals surface area contributed by atoms with Gasteiger partial charge in [0.25, 0.3) is 0 Å². The molecule has 2 N–H and O–H groups in total. The van der Waals surface area contributed by atoms with Crippen LogP contribution in [-0.2, 0) is 4.74 Å². The highest BCUT2D eigenvalue weighted by Gasteiger charge is 2.25. The molecule has 0 fully saturated rings. The minimum Gasteiger partial charge on any atom is -0.477 e. The van der Waals surface area contributed by atoms with Gasteiger partial charge in [0.15, 0.2) is 0 Å². The summed E-state index contributed by atoms with van der Waals surface area (Å²) in [7, 11) is 0. The number of rotatable bonds is 6. The highest BCUT2D eigenvalue weighted by atomic mass is 35.5. The quantitative estimate of drug-likeness (QED) is 0.717. The van der Waals surface area contributed by atoms with Crippen LogP contribution in [0.15, 0.2) is 12.3 Å². The molecule has 9 heteroatoms. The second-order valence-corrected chi connectivity index (χ2v) is 8.13. The number of nitrogens with one attached hydrogen (secondary N) is 1. The van der Waals surface area contributed by atoms with E-state index in [1.54, 1.807) is 25.3 Å². The number of aromatic carboxylic acids is 1. The van der Waals surface area contributed by atoms with Gasteiger partial charge in [0.2, 0.25) is 5.28 Å². The molecule has 0 saturated heterocycles. The number of fused-ring (bicyclic) bond motifs is 1. The lowest BCUT2D eigenvalue weighted by Gasteiger charge is -2.25. The van der Waals surface area contributed by atoms with Crippen LogP contribution >= 0.6 is 11.6 Å². The van der Waals surface area contributed by atoms with Crippen molar-refractivity contribution in [2.24, 2.45) is 5.92 Å². The van der Waals surface area contributed by atoms with Gasteiger partial charge in [0.05, 0.1) is 6.04 Å². The fraction of sp³-hybridized carbons (Fsp3) is 0.556. The maximum atomic E-state index is 12.0. The Morgan fingerprint density at radius 1 is 1.37 bits per heavy atom. The van der Waals surface area contributed by atoms with E-state index in [2.05, 4.69) is 15.3 Å². The van der Waals surface area contributed by atoms with E-state index in [-0.39, 0.29) is 29.5 Å². The zero-order valence-corrected chi connectivity index (χ0v) is 16.9. The number of carbonyl (C=O) groups excluding carboxylic acids is 1. The molecule has 148 valence electrons. The smallest absolute Gasteiger partial charge is 0.407 e. The fourth-order valence-electron chi connectivity index (χ4n) is 2.86. The summed E-state index contributed by atoms with van der Waals surface area (Å²) in [5.41, 5.74) is -0.132. The summed E-state index contributed by atoms with van der Waals surface area (Å²) in [5, 5.41) is 13.0. The van der Waals surface area contributed by atoms with Crippen LogP contribution in [0.5, 0.6) is 0 Å². The Hall–Kier alpha value is -2.35. The Morgan fingerprint density at radius 3 is 2.59 bits per heavy atom. The third-order valence-electron chi connectivity index (χ3n) is 3.76. The molecule has 0 aromatic carbocycles. The van der Waals surface area contributed by atoms with Crippen molar-refractivity contribution < 1.29 is 19.4 Å². The van der Waals surface area contributed by atoms with Gasteiger partial charge in [-0.25, -0.2) is 14.6 Å². The van der Waals surface area contributed by atoms with Crippen LogP contribution in [0, 0.1) is 5.92 Å². The summed E-state index contributed by atoms with van der Waals surface area (Å²) in [5.74, 6) is -0.831. The predicted molar refractivity (Wildman–Crippen MR) is 102 cm³/mol. The lowest BCUT2D eigenvalue weighted by atomic mass is 10.0. The average Bonchev–Trinajstić information content (AvgIpc) is 2.88. The van der Waals surface area contributed by atoms with Crippen molar-refractivity contribution in [3.63, 3.8) is 0 Å². The molecule has 2 heterocycles. The minimum atomic E-state index is -1.09. The third-order valence-corrected chi connectivity index (χ3v) is 3.94. The Labute approximate surface area is 162 Å². The van der Waals surface area contributed by atoms with Crippen LogP contribution in [-0.4, -0.2) is 43.8 Å². The van der Waals surface area contributed by atoms with Crippen molar-refractivity contribution in [2.75, 3.05) is 6.54 Å². The number of ether oxygens (including phenoxy) is 1. The van der Waals surface area contributed by atoms with E-state index in [1.165, 1.54) is 12.3 Å². The largest absolute Gasteiger partial charge is 0.477 e. The number of alkyl carbamates (subject to hydrolysis) is 1. The Bertz CT molecular complexity index is 842. The summed E-state index contributed by atoms with van der Waals surface area (Å²) in [6, 6.07) is 1.17. The standard InChI is InChI=1S/C18H25ClN4O4/c1-10(2)6-12(9-21-17(26)27-18(3,4)5)23-13(15(24)25)7-11-8-20-16(19)22-14(11)23/h7-8,10,12H,6,9H2,1-5H3,(H,21,26)(H,24,25). The van der Waals surface area contributed by atoms with Gasteiger partial charge in [-0.15, -0.1) is 0 Å². The molecule has 1 atom stereocenters. The van der Waals surface area contributed by atoms with Crippen molar-refractivity contribution in [1.29, 1.82) is 0 Å². The number of aromatic nitrogens is 3. The molecule has 0 radical (unpaired) electrons. The molecule has 2 rings (SSSR count). The Balaban J connectivity index is 2.41. The molecule has 8 nitrogen and oxygen atoms in total. The van der Waals surface area contributed by atoms with Crippen molar-refractivity contribution in [1.82, 2.24) is 19.9 Å². The number of carbonyl (C=O) groups is 2. The summed E-state index contributed by atoms with van der Waals surface area (Å²) in [6.07, 6.45) is 1.56. The zero-order chi connectivity index (χ0) is 20.4. The molecule has 0 spiro atoms. The topological polar surface area (TPSA) is 106 Å². The molecule has 1 unspecified atom stereocenters. The first-order chi connectivity index (χ1) is 12.5. The van der Waals surface area contributed by atoms with Crippen molar-refractivity contribution in [3.8, 4) is 0 Å².